The molecule has 0 unspecified atom stereocenters. The Balaban J connectivity index is 2.05. The first kappa shape index (κ1) is 12.0. The van der Waals surface area contributed by atoms with Gasteiger partial charge in [0.15, 0.2) is 6.29 Å². The van der Waals surface area contributed by atoms with Gasteiger partial charge in [-0.25, -0.2) is 0 Å². The van der Waals surface area contributed by atoms with Crippen molar-refractivity contribution < 1.29 is 24.5 Å². The summed E-state index contributed by atoms with van der Waals surface area (Å²) in [6.45, 7) is -0.610. The first-order valence-electron chi connectivity index (χ1n) is 5.30. The molecule has 0 spiro atoms. The Morgan fingerprint density at radius 1 is 1.29 bits per heavy atom. The molecule has 0 amide bonds. The number of hydrogen-bond donors (Lipinski definition) is 2. The molecule has 0 aromatic heterocycles. The summed E-state index contributed by atoms with van der Waals surface area (Å²) in [6.07, 6.45) is -0.560. The van der Waals surface area contributed by atoms with Crippen LogP contribution in [-0.2, 0) is 14.3 Å². The number of carboxylic acids is 1. The zero-order chi connectivity index (χ0) is 12.3. The number of carbonyl (C=O) groups is 1. The molecule has 92 valence electrons. The fourth-order valence-corrected chi connectivity index (χ4v) is 1.65. The van der Waals surface area contributed by atoms with Gasteiger partial charge in [0.1, 0.15) is 5.41 Å². The zero-order valence-electron chi connectivity index (χ0n) is 9.20. The van der Waals surface area contributed by atoms with Crippen molar-refractivity contribution in [2.45, 2.75) is 6.29 Å². The van der Waals surface area contributed by atoms with Crippen molar-refractivity contribution in [3.8, 4) is 0 Å². The maximum Gasteiger partial charge on any atom is 0.316 e. The maximum atomic E-state index is 11.0. The average Bonchev–Trinajstić information content (AvgIpc) is 2.39. The van der Waals surface area contributed by atoms with E-state index in [-0.39, 0.29) is 13.2 Å². The zero-order valence-corrected chi connectivity index (χ0v) is 9.20. The van der Waals surface area contributed by atoms with E-state index < -0.39 is 24.3 Å². The number of hydrogen-bond acceptors (Lipinski definition) is 4. The maximum absolute atomic E-state index is 11.0. The van der Waals surface area contributed by atoms with E-state index in [4.69, 9.17) is 19.7 Å². The van der Waals surface area contributed by atoms with Crippen LogP contribution in [0.15, 0.2) is 30.3 Å². The Morgan fingerprint density at radius 3 is 2.35 bits per heavy atom. The summed E-state index contributed by atoms with van der Waals surface area (Å²) in [5.74, 6) is -1.11. The molecule has 17 heavy (non-hydrogen) atoms. The third kappa shape index (κ3) is 2.31. The largest absolute Gasteiger partial charge is 0.481 e. The number of ether oxygens (including phenoxy) is 2. The van der Waals surface area contributed by atoms with Crippen molar-refractivity contribution >= 4 is 5.97 Å². The molecule has 5 heteroatoms. The van der Waals surface area contributed by atoms with Crippen molar-refractivity contribution in [2.75, 3.05) is 19.8 Å². The van der Waals surface area contributed by atoms with Gasteiger partial charge in [-0.2, -0.15) is 0 Å². The SMILES string of the molecule is O=C(O)C1(CO)COC(c2ccccc2)OC1. The Morgan fingerprint density at radius 2 is 1.88 bits per heavy atom. The number of benzene rings is 1. The molecule has 2 N–H and O–H groups in total. The van der Waals surface area contributed by atoms with Crippen molar-refractivity contribution in [3.63, 3.8) is 0 Å². The number of carboxylic acid groups (broad SMARTS) is 1. The van der Waals surface area contributed by atoms with Gasteiger partial charge in [-0.05, 0) is 0 Å². The molecule has 1 aromatic carbocycles. The lowest BCUT2D eigenvalue weighted by molar-refractivity contribution is -0.243. The fourth-order valence-electron chi connectivity index (χ4n) is 1.65. The first-order chi connectivity index (χ1) is 8.18. The first-order valence-corrected chi connectivity index (χ1v) is 5.30. The summed E-state index contributed by atoms with van der Waals surface area (Å²) < 4.78 is 10.7. The van der Waals surface area contributed by atoms with E-state index in [1.807, 2.05) is 30.3 Å². The van der Waals surface area contributed by atoms with Gasteiger partial charge in [0.2, 0.25) is 0 Å². The van der Waals surface area contributed by atoms with Crippen LogP contribution >= 0.6 is 0 Å². The highest BCUT2D eigenvalue weighted by Crippen LogP contribution is 2.31. The highest BCUT2D eigenvalue weighted by atomic mass is 16.7. The van der Waals surface area contributed by atoms with Crippen molar-refractivity contribution in [2.24, 2.45) is 5.41 Å². The minimum Gasteiger partial charge on any atom is -0.481 e. The Bertz CT molecular complexity index is 381. The third-order valence-electron chi connectivity index (χ3n) is 2.85. The van der Waals surface area contributed by atoms with E-state index >= 15 is 0 Å². The Kier molecular flexibility index (Phi) is 3.42. The minimum atomic E-state index is -1.34. The molecule has 0 radical (unpaired) electrons. The molecule has 1 heterocycles. The van der Waals surface area contributed by atoms with Gasteiger partial charge in [0.25, 0.3) is 0 Å². The van der Waals surface area contributed by atoms with Crippen LogP contribution in [0.25, 0.3) is 0 Å². The number of rotatable bonds is 3. The van der Waals surface area contributed by atoms with Gasteiger partial charge in [-0.15, -0.1) is 0 Å². The second-order valence-corrected chi connectivity index (χ2v) is 4.11. The van der Waals surface area contributed by atoms with Crippen LogP contribution in [0.1, 0.15) is 11.9 Å². The smallest absolute Gasteiger partial charge is 0.316 e. The van der Waals surface area contributed by atoms with Crippen LogP contribution in [0, 0.1) is 5.41 Å². The molecule has 2 rings (SSSR count). The lowest BCUT2D eigenvalue weighted by atomic mass is 9.90. The summed E-state index contributed by atoms with van der Waals surface area (Å²) in [4.78, 5) is 11.0. The van der Waals surface area contributed by atoms with E-state index in [0.29, 0.717) is 0 Å². The van der Waals surface area contributed by atoms with E-state index in [9.17, 15) is 4.79 Å². The van der Waals surface area contributed by atoms with E-state index in [2.05, 4.69) is 0 Å². The third-order valence-corrected chi connectivity index (χ3v) is 2.85. The van der Waals surface area contributed by atoms with Crippen LogP contribution in [0.3, 0.4) is 0 Å². The number of aliphatic carboxylic acids is 1. The fraction of sp³-hybridized carbons (Fsp3) is 0.417. The molecule has 0 bridgehead atoms. The van der Waals surface area contributed by atoms with Crippen LogP contribution in [0.2, 0.25) is 0 Å². The van der Waals surface area contributed by atoms with E-state index in [0.717, 1.165) is 5.56 Å². The standard InChI is InChI=1S/C12H14O5/c13-6-12(11(14)15)7-16-10(17-8-12)9-4-2-1-3-5-9/h1-5,10,13H,6-8H2,(H,14,15). The summed E-state index contributed by atoms with van der Waals surface area (Å²) >= 11 is 0. The second kappa shape index (κ2) is 4.83. The van der Waals surface area contributed by atoms with Crippen LogP contribution < -0.4 is 0 Å². The summed E-state index contributed by atoms with van der Waals surface area (Å²) in [5.41, 5.74) is -0.505. The normalized spacial score (nSPS) is 28.9. The molecule has 1 saturated heterocycles. The Labute approximate surface area is 98.6 Å². The molecule has 5 nitrogen and oxygen atoms in total. The second-order valence-electron chi connectivity index (χ2n) is 4.11. The molecule has 1 aromatic rings. The molecule has 1 aliphatic rings. The van der Waals surface area contributed by atoms with Crippen LogP contribution in [0.5, 0.6) is 0 Å². The monoisotopic (exact) mass is 238 g/mol. The average molecular weight is 238 g/mol. The lowest BCUT2D eigenvalue weighted by Gasteiger charge is -2.35. The van der Waals surface area contributed by atoms with Crippen molar-refractivity contribution in [3.05, 3.63) is 35.9 Å². The number of aliphatic hydroxyl groups is 1. The molecule has 0 atom stereocenters. The van der Waals surface area contributed by atoms with Gasteiger partial charge in [-0.1, -0.05) is 30.3 Å². The van der Waals surface area contributed by atoms with Gasteiger partial charge in [-0.3, -0.25) is 4.79 Å². The van der Waals surface area contributed by atoms with Crippen LogP contribution in [0.4, 0.5) is 0 Å². The highest BCUT2D eigenvalue weighted by Gasteiger charge is 2.43. The molecule has 0 aliphatic carbocycles. The van der Waals surface area contributed by atoms with Crippen molar-refractivity contribution in [1.82, 2.24) is 0 Å². The molecular weight excluding hydrogens is 224 g/mol. The number of aliphatic hydroxyl groups excluding tert-OH is 1. The molecule has 1 aliphatic heterocycles. The Hall–Kier alpha value is -1.43. The van der Waals surface area contributed by atoms with Crippen molar-refractivity contribution in [1.29, 1.82) is 0 Å². The van der Waals surface area contributed by atoms with Gasteiger partial charge in [0, 0.05) is 5.56 Å². The van der Waals surface area contributed by atoms with Gasteiger partial charge >= 0.3 is 5.97 Å². The van der Waals surface area contributed by atoms with Crippen LogP contribution in [-0.4, -0.2) is 36.0 Å². The summed E-state index contributed by atoms with van der Waals surface area (Å²) in [5, 5.41) is 18.2. The summed E-state index contributed by atoms with van der Waals surface area (Å²) in [6, 6.07) is 9.27. The highest BCUT2D eigenvalue weighted by molar-refractivity contribution is 5.75. The predicted octanol–water partition coefficient (Wildman–Crippen LogP) is 0.795. The summed E-state index contributed by atoms with van der Waals surface area (Å²) in [7, 11) is 0. The van der Waals surface area contributed by atoms with Gasteiger partial charge in [0.05, 0.1) is 19.8 Å². The minimum absolute atomic E-state index is 0.0571. The molecule has 0 saturated carbocycles. The van der Waals surface area contributed by atoms with E-state index in [1.54, 1.807) is 0 Å². The topological polar surface area (TPSA) is 76.0 Å². The van der Waals surface area contributed by atoms with Gasteiger partial charge < -0.3 is 19.7 Å². The lowest BCUT2D eigenvalue weighted by Crippen LogP contribution is -2.47. The predicted molar refractivity (Wildman–Crippen MR) is 58.2 cm³/mol. The molecule has 1 fully saturated rings. The quantitative estimate of drug-likeness (QED) is 0.814. The molecular formula is C12H14O5. The van der Waals surface area contributed by atoms with E-state index in [1.165, 1.54) is 0 Å².